The summed E-state index contributed by atoms with van der Waals surface area (Å²) in [5, 5.41) is 9.07. The zero-order valence-electron chi connectivity index (χ0n) is 10.1. The fraction of sp³-hybridized carbons (Fsp3) is 0.500. The Morgan fingerprint density at radius 3 is 2.56 bits per heavy atom. The van der Waals surface area contributed by atoms with Crippen molar-refractivity contribution in [1.82, 2.24) is 4.98 Å². The highest BCUT2D eigenvalue weighted by Crippen LogP contribution is 2.20. The molecule has 88 valence electrons. The molecule has 1 N–H and O–H groups in total. The van der Waals surface area contributed by atoms with Crippen LogP contribution in [0.4, 0.5) is 5.82 Å². The van der Waals surface area contributed by atoms with Crippen LogP contribution >= 0.6 is 0 Å². The average Bonchev–Trinajstić information content (AvgIpc) is 2.26. The van der Waals surface area contributed by atoms with E-state index in [-0.39, 0.29) is 11.6 Å². The van der Waals surface area contributed by atoms with Crippen molar-refractivity contribution in [2.75, 3.05) is 11.9 Å². The number of aromatic nitrogens is 1. The molecule has 1 rings (SSSR count). The lowest BCUT2D eigenvalue weighted by Gasteiger charge is -2.29. The molecular weight excluding hydrogens is 204 g/mol. The Hall–Kier alpha value is -1.58. The van der Waals surface area contributed by atoms with Gasteiger partial charge in [0.05, 0.1) is 0 Å². The van der Waals surface area contributed by atoms with Gasteiger partial charge in [0, 0.05) is 19.3 Å². The Bertz CT molecular complexity index is 377. The molecule has 1 unspecified atom stereocenters. The first-order valence-corrected chi connectivity index (χ1v) is 5.36. The highest BCUT2D eigenvalue weighted by atomic mass is 16.4. The lowest BCUT2D eigenvalue weighted by Crippen LogP contribution is -2.34. The molecular formula is C12H18N2O2. The van der Waals surface area contributed by atoms with Gasteiger partial charge in [-0.25, -0.2) is 9.78 Å². The van der Waals surface area contributed by atoms with E-state index < -0.39 is 5.97 Å². The molecule has 0 amide bonds. The molecule has 0 fully saturated rings. The van der Waals surface area contributed by atoms with Crippen LogP contribution in [-0.4, -0.2) is 29.1 Å². The molecule has 0 saturated heterocycles. The number of hydrogen-bond acceptors (Lipinski definition) is 3. The third kappa shape index (κ3) is 2.51. The minimum Gasteiger partial charge on any atom is -0.478 e. The quantitative estimate of drug-likeness (QED) is 0.849. The van der Waals surface area contributed by atoms with Gasteiger partial charge in [-0.15, -0.1) is 0 Å². The van der Waals surface area contributed by atoms with Gasteiger partial charge in [0.15, 0.2) is 0 Å². The second-order valence-corrected chi connectivity index (χ2v) is 4.28. The topological polar surface area (TPSA) is 53.4 Å². The van der Waals surface area contributed by atoms with Crippen LogP contribution in [0.2, 0.25) is 0 Å². The number of carboxylic acids is 1. The molecule has 0 saturated carbocycles. The van der Waals surface area contributed by atoms with Crippen molar-refractivity contribution in [1.29, 1.82) is 0 Å². The third-order valence-electron chi connectivity index (χ3n) is 2.93. The molecule has 0 spiro atoms. The predicted molar refractivity (Wildman–Crippen MR) is 63.9 cm³/mol. The Morgan fingerprint density at radius 1 is 1.44 bits per heavy atom. The smallest absolute Gasteiger partial charge is 0.339 e. The molecule has 16 heavy (non-hydrogen) atoms. The molecule has 4 nitrogen and oxygen atoms in total. The van der Waals surface area contributed by atoms with Crippen LogP contribution in [0.5, 0.6) is 0 Å². The average molecular weight is 222 g/mol. The zero-order chi connectivity index (χ0) is 12.3. The van der Waals surface area contributed by atoms with Crippen molar-refractivity contribution in [2.45, 2.75) is 26.8 Å². The van der Waals surface area contributed by atoms with Crippen molar-refractivity contribution in [3.05, 3.63) is 23.9 Å². The molecule has 0 aliphatic rings. The van der Waals surface area contributed by atoms with Crippen molar-refractivity contribution >= 4 is 11.8 Å². The second kappa shape index (κ2) is 4.96. The summed E-state index contributed by atoms with van der Waals surface area (Å²) in [6, 6.07) is 3.46. The molecule has 1 heterocycles. The van der Waals surface area contributed by atoms with Crippen LogP contribution in [0.25, 0.3) is 0 Å². The molecule has 0 radical (unpaired) electrons. The summed E-state index contributed by atoms with van der Waals surface area (Å²) in [6.07, 6.45) is 1.62. The minimum atomic E-state index is -0.939. The first-order valence-electron chi connectivity index (χ1n) is 5.36. The first kappa shape index (κ1) is 12.5. The van der Waals surface area contributed by atoms with Crippen molar-refractivity contribution in [2.24, 2.45) is 5.92 Å². The number of rotatable bonds is 4. The summed E-state index contributed by atoms with van der Waals surface area (Å²) in [6.45, 7) is 6.26. The Labute approximate surface area is 95.9 Å². The van der Waals surface area contributed by atoms with Crippen LogP contribution in [0.1, 0.15) is 31.1 Å². The third-order valence-corrected chi connectivity index (χ3v) is 2.93. The van der Waals surface area contributed by atoms with E-state index in [1.165, 1.54) is 0 Å². The van der Waals surface area contributed by atoms with Gasteiger partial charge in [0.1, 0.15) is 11.4 Å². The van der Waals surface area contributed by atoms with Gasteiger partial charge in [0.2, 0.25) is 0 Å². The van der Waals surface area contributed by atoms with Crippen molar-refractivity contribution in [3.63, 3.8) is 0 Å². The standard InChI is InChI=1S/C12H18N2O2/c1-8(2)9(3)14(4)11-10(12(15)16)6-5-7-13-11/h5-9H,1-4H3,(H,15,16). The molecule has 0 bridgehead atoms. The fourth-order valence-electron chi connectivity index (χ4n) is 1.49. The molecule has 0 aromatic carbocycles. The van der Waals surface area contributed by atoms with Crippen molar-refractivity contribution < 1.29 is 9.90 Å². The number of anilines is 1. The van der Waals surface area contributed by atoms with Crippen LogP contribution in [0.3, 0.4) is 0 Å². The predicted octanol–water partition coefficient (Wildman–Crippen LogP) is 2.26. The number of aromatic carboxylic acids is 1. The van der Waals surface area contributed by atoms with Gasteiger partial charge in [-0.05, 0) is 25.0 Å². The number of hydrogen-bond donors (Lipinski definition) is 1. The normalized spacial score (nSPS) is 12.6. The lowest BCUT2D eigenvalue weighted by atomic mass is 10.0. The highest BCUT2D eigenvalue weighted by Gasteiger charge is 2.20. The maximum absolute atomic E-state index is 11.1. The molecule has 0 aliphatic carbocycles. The SMILES string of the molecule is CC(C)C(C)N(C)c1ncccc1C(=O)O. The van der Waals surface area contributed by atoms with Crippen LogP contribution < -0.4 is 4.90 Å². The minimum absolute atomic E-state index is 0.244. The van der Waals surface area contributed by atoms with Crippen LogP contribution in [0.15, 0.2) is 18.3 Å². The maximum Gasteiger partial charge on any atom is 0.339 e. The largest absolute Gasteiger partial charge is 0.478 e. The summed E-state index contributed by atoms with van der Waals surface area (Å²) in [7, 11) is 1.87. The summed E-state index contributed by atoms with van der Waals surface area (Å²) in [4.78, 5) is 17.1. The Balaban J connectivity index is 3.08. The fourth-order valence-corrected chi connectivity index (χ4v) is 1.49. The highest BCUT2D eigenvalue weighted by molar-refractivity contribution is 5.93. The maximum atomic E-state index is 11.1. The van der Waals surface area contributed by atoms with E-state index in [1.807, 2.05) is 11.9 Å². The number of pyridine rings is 1. The summed E-state index contributed by atoms with van der Waals surface area (Å²) in [5.74, 6) is 0.0238. The van der Waals surface area contributed by atoms with E-state index >= 15 is 0 Å². The van der Waals surface area contributed by atoms with E-state index in [1.54, 1.807) is 18.3 Å². The van der Waals surface area contributed by atoms with Gasteiger partial charge < -0.3 is 10.0 Å². The van der Waals surface area contributed by atoms with Crippen LogP contribution in [-0.2, 0) is 0 Å². The van der Waals surface area contributed by atoms with E-state index in [2.05, 4.69) is 25.8 Å². The summed E-state index contributed by atoms with van der Waals surface area (Å²) >= 11 is 0. The van der Waals surface area contributed by atoms with E-state index in [0.717, 1.165) is 0 Å². The monoisotopic (exact) mass is 222 g/mol. The van der Waals surface area contributed by atoms with Gasteiger partial charge >= 0.3 is 5.97 Å². The second-order valence-electron chi connectivity index (χ2n) is 4.28. The van der Waals surface area contributed by atoms with E-state index in [0.29, 0.717) is 11.7 Å². The van der Waals surface area contributed by atoms with Gasteiger partial charge in [-0.2, -0.15) is 0 Å². The number of carbonyl (C=O) groups is 1. The Morgan fingerprint density at radius 2 is 2.06 bits per heavy atom. The van der Waals surface area contributed by atoms with Gasteiger partial charge in [-0.3, -0.25) is 0 Å². The number of nitrogens with zero attached hydrogens (tertiary/aromatic N) is 2. The van der Waals surface area contributed by atoms with Crippen molar-refractivity contribution in [3.8, 4) is 0 Å². The number of carboxylic acid groups (broad SMARTS) is 1. The molecule has 1 aromatic rings. The molecule has 0 aliphatic heterocycles. The molecule has 1 atom stereocenters. The van der Waals surface area contributed by atoms with E-state index in [4.69, 9.17) is 5.11 Å². The Kier molecular flexibility index (Phi) is 3.88. The van der Waals surface area contributed by atoms with E-state index in [9.17, 15) is 4.79 Å². The van der Waals surface area contributed by atoms with Crippen LogP contribution in [0, 0.1) is 5.92 Å². The summed E-state index contributed by atoms with van der Waals surface area (Å²) < 4.78 is 0. The lowest BCUT2D eigenvalue weighted by molar-refractivity contribution is 0.0697. The summed E-state index contributed by atoms with van der Waals surface area (Å²) in [5.41, 5.74) is 0.248. The molecule has 4 heteroatoms. The molecule has 1 aromatic heterocycles. The van der Waals surface area contributed by atoms with Gasteiger partial charge in [0.25, 0.3) is 0 Å². The first-order chi connectivity index (χ1) is 7.45. The zero-order valence-corrected chi connectivity index (χ0v) is 10.1. The van der Waals surface area contributed by atoms with Gasteiger partial charge in [-0.1, -0.05) is 13.8 Å².